The highest BCUT2D eigenvalue weighted by molar-refractivity contribution is 7.63. The van der Waals surface area contributed by atoms with E-state index in [0.717, 1.165) is 34.6 Å². The zero-order valence-corrected chi connectivity index (χ0v) is 22.0. The molecule has 34 heavy (non-hydrogen) atoms. The molecular weight excluding hydrogens is 439 g/mol. The number of benzene rings is 2. The Morgan fingerprint density at radius 1 is 0.853 bits per heavy atom. The standard InChI is InChI=1S/C30H41O3P/c1-23-11-9-10-16-27(23)29-19-26(17-18-28(29)30(31)33-2)22-34(32,20-24-12-5-3-6-13-24)21-25-14-7-4-8-15-25/h9-11,16-19,24-25H,3-8,12-15,20-22H2,1-2H3. The zero-order chi connectivity index (χ0) is 24.0. The van der Waals surface area contributed by atoms with Crippen LogP contribution in [0.3, 0.4) is 0 Å². The molecule has 0 unspecified atom stereocenters. The van der Waals surface area contributed by atoms with Gasteiger partial charge in [-0.1, -0.05) is 94.5 Å². The third kappa shape index (κ3) is 6.42. The number of aryl methyl sites for hydroxylation is 1. The van der Waals surface area contributed by atoms with Crippen LogP contribution in [0.25, 0.3) is 11.1 Å². The lowest BCUT2D eigenvalue weighted by molar-refractivity contribution is 0.0601. The Balaban J connectivity index is 1.65. The molecule has 0 saturated heterocycles. The van der Waals surface area contributed by atoms with Gasteiger partial charge in [0.1, 0.15) is 0 Å². The van der Waals surface area contributed by atoms with Crippen LogP contribution in [0.15, 0.2) is 42.5 Å². The normalized spacial score (nSPS) is 18.1. The van der Waals surface area contributed by atoms with Crippen molar-refractivity contribution in [3.63, 3.8) is 0 Å². The number of esters is 1. The van der Waals surface area contributed by atoms with Crippen molar-refractivity contribution in [1.29, 1.82) is 0 Å². The smallest absolute Gasteiger partial charge is 0.338 e. The number of carbonyl (C=O) groups excluding carboxylic acids is 1. The maximum absolute atomic E-state index is 14.6. The van der Waals surface area contributed by atoms with Gasteiger partial charge >= 0.3 is 5.97 Å². The molecule has 2 aliphatic rings. The van der Waals surface area contributed by atoms with Crippen molar-refractivity contribution in [2.75, 3.05) is 19.4 Å². The van der Waals surface area contributed by atoms with E-state index in [1.165, 1.54) is 71.3 Å². The first kappa shape index (κ1) is 25.2. The highest BCUT2D eigenvalue weighted by Crippen LogP contribution is 2.55. The average Bonchev–Trinajstić information content (AvgIpc) is 2.85. The van der Waals surface area contributed by atoms with Crippen LogP contribution in [0.2, 0.25) is 0 Å². The molecule has 0 spiro atoms. The van der Waals surface area contributed by atoms with Crippen LogP contribution in [0.5, 0.6) is 0 Å². The second-order valence-corrected chi connectivity index (χ2v) is 13.9. The molecule has 3 nitrogen and oxygen atoms in total. The van der Waals surface area contributed by atoms with Gasteiger partial charge in [-0.2, -0.15) is 0 Å². The van der Waals surface area contributed by atoms with Crippen LogP contribution in [0.4, 0.5) is 0 Å². The Bertz CT molecular complexity index is 991. The maximum Gasteiger partial charge on any atom is 0.338 e. The molecule has 2 fully saturated rings. The second kappa shape index (κ2) is 11.7. The van der Waals surface area contributed by atoms with Crippen molar-refractivity contribution < 1.29 is 14.1 Å². The van der Waals surface area contributed by atoms with E-state index >= 15 is 0 Å². The van der Waals surface area contributed by atoms with E-state index in [-0.39, 0.29) is 5.97 Å². The van der Waals surface area contributed by atoms with E-state index < -0.39 is 7.14 Å². The highest BCUT2D eigenvalue weighted by Gasteiger charge is 2.32. The number of methoxy groups -OCH3 is 1. The van der Waals surface area contributed by atoms with Gasteiger partial charge in [-0.05, 0) is 53.1 Å². The third-order valence-electron chi connectivity index (χ3n) is 8.03. The first-order valence-corrected chi connectivity index (χ1v) is 15.6. The SMILES string of the molecule is COC(=O)c1ccc(CP(=O)(CC2CCCCC2)CC2CCCCC2)cc1-c1ccccc1C. The average molecular weight is 481 g/mol. The van der Waals surface area contributed by atoms with Gasteiger partial charge in [0.15, 0.2) is 0 Å². The summed E-state index contributed by atoms with van der Waals surface area (Å²) in [5.74, 6) is 0.916. The van der Waals surface area contributed by atoms with Crippen LogP contribution in [0, 0.1) is 18.8 Å². The minimum Gasteiger partial charge on any atom is -0.465 e. The fourth-order valence-electron chi connectivity index (χ4n) is 6.29. The quantitative estimate of drug-likeness (QED) is 0.281. The van der Waals surface area contributed by atoms with Crippen molar-refractivity contribution in [3.8, 4) is 11.1 Å². The first-order valence-electron chi connectivity index (χ1n) is 13.3. The number of hydrogen-bond acceptors (Lipinski definition) is 3. The Morgan fingerprint density at radius 2 is 1.44 bits per heavy atom. The Morgan fingerprint density at radius 3 is 2.00 bits per heavy atom. The van der Waals surface area contributed by atoms with E-state index in [0.29, 0.717) is 23.6 Å². The molecule has 0 heterocycles. The number of rotatable bonds is 8. The van der Waals surface area contributed by atoms with Gasteiger partial charge in [-0.25, -0.2) is 4.79 Å². The van der Waals surface area contributed by atoms with Crippen molar-refractivity contribution in [3.05, 3.63) is 59.2 Å². The van der Waals surface area contributed by atoms with Crippen molar-refractivity contribution in [2.45, 2.75) is 77.3 Å². The van der Waals surface area contributed by atoms with Crippen LogP contribution >= 0.6 is 7.14 Å². The molecule has 0 amide bonds. The fourth-order valence-corrected chi connectivity index (χ4v) is 10.2. The minimum atomic E-state index is -2.36. The Hall–Kier alpha value is -1.86. The molecule has 0 aromatic heterocycles. The molecular formula is C30H41O3P. The molecule has 2 aromatic rings. The van der Waals surface area contributed by atoms with Gasteiger partial charge in [-0.15, -0.1) is 0 Å². The number of ether oxygens (including phenoxy) is 1. The maximum atomic E-state index is 14.6. The van der Waals surface area contributed by atoms with E-state index in [1.807, 2.05) is 24.3 Å². The Kier molecular flexibility index (Phi) is 8.70. The van der Waals surface area contributed by atoms with Gasteiger partial charge < -0.3 is 9.30 Å². The molecule has 0 bridgehead atoms. The Labute approximate surface area is 206 Å². The summed E-state index contributed by atoms with van der Waals surface area (Å²) in [6.45, 7) is 2.07. The summed E-state index contributed by atoms with van der Waals surface area (Å²) in [5.41, 5.74) is 4.73. The number of carbonyl (C=O) groups is 1. The predicted molar refractivity (Wildman–Crippen MR) is 142 cm³/mol. The molecule has 4 heteroatoms. The molecule has 2 aliphatic carbocycles. The van der Waals surface area contributed by atoms with E-state index in [2.05, 4.69) is 25.1 Å². The summed E-state index contributed by atoms with van der Waals surface area (Å²) >= 11 is 0. The summed E-state index contributed by atoms with van der Waals surface area (Å²) in [4.78, 5) is 12.6. The van der Waals surface area contributed by atoms with Crippen LogP contribution in [-0.2, 0) is 15.5 Å². The van der Waals surface area contributed by atoms with Gasteiger partial charge in [0, 0.05) is 18.5 Å². The van der Waals surface area contributed by atoms with Crippen LogP contribution in [0.1, 0.15) is 85.7 Å². The molecule has 2 saturated carbocycles. The molecule has 4 rings (SSSR count). The first-order chi connectivity index (χ1) is 16.5. The summed E-state index contributed by atoms with van der Waals surface area (Å²) in [7, 11) is -0.932. The summed E-state index contributed by atoms with van der Waals surface area (Å²) in [6.07, 6.45) is 15.3. The largest absolute Gasteiger partial charge is 0.465 e. The van der Waals surface area contributed by atoms with Crippen molar-refractivity contribution >= 4 is 13.1 Å². The lowest BCUT2D eigenvalue weighted by atomic mass is 9.91. The molecule has 0 aliphatic heterocycles. The topological polar surface area (TPSA) is 43.4 Å². The number of hydrogen-bond donors (Lipinski definition) is 0. The van der Waals surface area contributed by atoms with Gasteiger partial charge in [-0.3, -0.25) is 0 Å². The second-order valence-electron chi connectivity index (χ2n) is 10.8. The lowest BCUT2D eigenvalue weighted by Crippen LogP contribution is -2.18. The zero-order valence-electron chi connectivity index (χ0n) is 21.1. The molecule has 0 N–H and O–H groups in total. The van der Waals surface area contributed by atoms with Gasteiger partial charge in [0.25, 0.3) is 0 Å². The van der Waals surface area contributed by atoms with Crippen molar-refractivity contribution in [1.82, 2.24) is 0 Å². The fraction of sp³-hybridized carbons (Fsp3) is 0.567. The van der Waals surface area contributed by atoms with Gasteiger partial charge in [0.2, 0.25) is 0 Å². The minimum absolute atomic E-state index is 0.322. The summed E-state index contributed by atoms with van der Waals surface area (Å²) < 4.78 is 19.7. The monoisotopic (exact) mass is 480 g/mol. The third-order valence-corrected chi connectivity index (χ3v) is 11.3. The van der Waals surface area contributed by atoms with Crippen LogP contribution < -0.4 is 0 Å². The molecule has 0 radical (unpaired) electrons. The van der Waals surface area contributed by atoms with E-state index in [1.54, 1.807) is 0 Å². The molecule has 184 valence electrons. The lowest BCUT2D eigenvalue weighted by Gasteiger charge is -2.31. The van der Waals surface area contributed by atoms with E-state index in [9.17, 15) is 9.36 Å². The molecule has 2 aromatic carbocycles. The summed E-state index contributed by atoms with van der Waals surface area (Å²) in [6, 6.07) is 14.2. The summed E-state index contributed by atoms with van der Waals surface area (Å²) in [5, 5.41) is 0. The van der Waals surface area contributed by atoms with Gasteiger partial charge in [0.05, 0.1) is 19.8 Å². The van der Waals surface area contributed by atoms with E-state index in [4.69, 9.17) is 4.74 Å². The molecule has 0 atom stereocenters. The van der Waals surface area contributed by atoms with Crippen LogP contribution in [-0.4, -0.2) is 25.4 Å². The van der Waals surface area contributed by atoms with Crippen molar-refractivity contribution in [2.24, 2.45) is 11.8 Å². The predicted octanol–water partition coefficient (Wildman–Crippen LogP) is 8.47. The highest BCUT2D eigenvalue weighted by atomic mass is 31.2.